The van der Waals surface area contributed by atoms with Crippen molar-refractivity contribution in [3.05, 3.63) is 29.3 Å². The van der Waals surface area contributed by atoms with Crippen molar-refractivity contribution in [1.82, 2.24) is 0 Å². The summed E-state index contributed by atoms with van der Waals surface area (Å²) in [5.41, 5.74) is 7.82. The molecule has 2 N–H and O–H groups in total. The molecule has 12 heavy (non-hydrogen) atoms. The van der Waals surface area contributed by atoms with Gasteiger partial charge in [-0.1, -0.05) is 17.7 Å². The number of nitrogens with two attached hydrogens (primary N) is 1. The minimum atomic E-state index is -2.39. The topological polar surface area (TPSA) is 60.2 Å². The average molecular weight is 185 g/mol. The quantitative estimate of drug-likeness (QED) is 0.526. The third-order valence-corrected chi connectivity index (χ3v) is 2.20. The number of hydrogen-bond donors (Lipinski definition) is 2. The fraction of sp³-hybridized carbons (Fsp3) is 0.250. The first kappa shape index (κ1) is 9.06. The molecule has 0 radical (unpaired) electrons. The number of benzene rings is 1. The molecule has 0 aliphatic heterocycles. The van der Waals surface area contributed by atoms with E-state index in [0.717, 1.165) is 5.56 Å². The average Bonchev–Trinajstić information content (AvgIpc) is 1.96. The summed E-state index contributed by atoms with van der Waals surface area (Å²) in [6.45, 7) is 1.90. The van der Waals surface area contributed by atoms with Gasteiger partial charge in [-0.25, -0.2) is 8.42 Å². The van der Waals surface area contributed by atoms with E-state index in [0.29, 0.717) is 11.3 Å². The Morgan fingerprint density at radius 3 is 2.67 bits per heavy atom. The van der Waals surface area contributed by atoms with Gasteiger partial charge in [-0.3, -0.25) is 0 Å². The summed E-state index contributed by atoms with van der Waals surface area (Å²) < 4.78 is 20.8. The van der Waals surface area contributed by atoms with Crippen LogP contribution in [0.4, 0.5) is 5.69 Å². The van der Waals surface area contributed by atoms with Crippen molar-refractivity contribution in [2.45, 2.75) is 12.7 Å². The van der Waals surface area contributed by atoms with E-state index >= 15 is 0 Å². The van der Waals surface area contributed by atoms with Crippen molar-refractivity contribution >= 4 is 16.4 Å². The fourth-order valence-electron chi connectivity index (χ4n) is 1.01. The molecule has 0 aromatic heterocycles. The van der Waals surface area contributed by atoms with Crippen LogP contribution in [0.25, 0.3) is 0 Å². The first-order chi connectivity index (χ1) is 5.59. The minimum absolute atomic E-state index is 0.0306. The van der Waals surface area contributed by atoms with Gasteiger partial charge in [-0.05, 0) is 18.6 Å². The van der Waals surface area contributed by atoms with Crippen LogP contribution >= 0.6 is 0 Å². The minimum Gasteiger partial charge on any atom is -0.398 e. The van der Waals surface area contributed by atoms with Crippen molar-refractivity contribution in [3.8, 4) is 0 Å². The highest BCUT2D eigenvalue weighted by atomic mass is 32.2. The second-order valence-corrected chi connectivity index (χ2v) is 3.67. The summed E-state index contributed by atoms with van der Waals surface area (Å²) >= 11 is 0. The monoisotopic (exact) mass is 185 g/mol. The lowest BCUT2D eigenvalue weighted by Gasteiger charge is -2.01. The zero-order chi connectivity index (χ0) is 9.14. The van der Waals surface area contributed by atoms with Crippen molar-refractivity contribution < 1.29 is 8.42 Å². The number of hydrogen-bond acceptors (Lipinski definition) is 3. The summed E-state index contributed by atoms with van der Waals surface area (Å²) in [7, 11) is -2.39. The Hall–Kier alpha value is -1.03. The van der Waals surface area contributed by atoms with Gasteiger partial charge in [0.15, 0.2) is 0 Å². The first-order valence-electron chi connectivity index (χ1n) is 3.56. The molecule has 0 heterocycles. The molecule has 0 bridgehead atoms. The molecule has 1 aromatic carbocycles. The van der Waals surface area contributed by atoms with Crippen LogP contribution in [-0.4, -0.2) is 8.42 Å². The van der Waals surface area contributed by atoms with E-state index in [1.165, 1.54) is 0 Å². The Balaban J connectivity index is 3.05. The maximum absolute atomic E-state index is 10.4. The fourth-order valence-corrected chi connectivity index (χ4v) is 1.56. The van der Waals surface area contributed by atoms with Gasteiger partial charge in [0.1, 0.15) is 10.7 Å². The Morgan fingerprint density at radius 2 is 2.08 bits per heavy atom. The van der Waals surface area contributed by atoms with Gasteiger partial charge < -0.3 is 5.73 Å². The van der Waals surface area contributed by atoms with Crippen LogP contribution in [0.15, 0.2) is 18.2 Å². The van der Waals surface area contributed by atoms with E-state index in [2.05, 4.69) is 0 Å². The Bertz CT molecular complexity index is 350. The number of thiol groups is 1. The van der Waals surface area contributed by atoms with Crippen LogP contribution in [0.2, 0.25) is 0 Å². The molecule has 0 aliphatic carbocycles. The van der Waals surface area contributed by atoms with Gasteiger partial charge in [0.25, 0.3) is 0 Å². The summed E-state index contributed by atoms with van der Waals surface area (Å²) in [6, 6.07) is 5.38. The van der Waals surface area contributed by atoms with Gasteiger partial charge in [-0.15, -0.1) is 0 Å². The lowest BCUT2D eigenvalue weighted by Crippen LogP contribution is -1.95. The predicted molar refractivity (Wildman–Crippen MR) is 49.6 cm³/mol. The molecule has 1 aromatic rings. The van der Waals surface area contributed by atoms with Gasteiger partial charge in [0.2, 0.25) is 0 Å². The third kappa shape index (κ3) is 2.23. The van der Waals surface area contributed by atoms with Gasteiger partial charge in [0.05, 0.1) is 5.75 Å². The van der Waals surface area contributed by atoms with Crippen LogP contribution in [0.1, 0.15) is 11.1 Å². The molecule has 0 saturated carbocycles. The molecule has 66 valence electrons. The molecule has 0 amide bonds. The molecule has 0 aliphatic rings. The van der Waals surface area contributed by atoms with Gasteiger partial charge >= 0.3 is 0 Å². The van der Waals surface area contributed by atoms with Crippen LogP contribution in [0.5, 0.6) is 0 Å². The SMILES string of the molecule is Cc1ccc(N)c(C[SH](=O)=O)c1. The van der Waals surface area contributed by atoms with E-state index in [9.17, 15) is 8.42 Å². The zero-order valence-corrected chi connectivity index (χ0v) is 7.67. The summed E-state index contributed by atoms with van der Waals surface area (Å²) in [5.74, 6) is 0.0306. The molecule has 0 fully saturated rings. The largest absolute Gasteiger partial charge is 0.398 e. The lowest BCUT2D eigenvalue weighted by molar-refractivity contribution is 0.614. The third-order valence-electron chi connectivity index (χ3n) is 1.60. The molecule has 0 unspecified atom stereocenters. The van der Waals surface area contributed by atoms with Crippen LogP contribution in [-0.2, 0) is 16.5 Å². The first-order valence-corrected chi connectivity index (χ1v) is 4.92. The highest BCUT2D eigenvalue weighted by Gasteiger charge is 1.99. The molecule has 0 atom stereocenters. The summed E-state index contributed by atoms with van der Waals surface area (Å²) in [4.78, 5) is 0. The van der Waals surface area contributed by atoms with Crippen molar-refractivity contribution in [2.75, 3.05) is 5.73 Å². The normalized spacial score (nSPS) is 10.5. The van der Waals surface area contributed by atoms with Gasteiger partial charge in [-0.2, -0.15) is 0 Å². The van der Waals surface area contributed by atoms with Crippen molar-refractivity contribution in [2.24, 2.45) is 0 Å². The number of rotatable bonds is 2. The molecule has 4 heteroatoms. The van der Waals surface area contributed by atoms with Crippen molar-refractivity contribution in [3.63, 3.8) is 0 Å². The summed E-state index contributed by atoms with van der Waals surface area (Å²) in [6.07, 6.45) is 0. The maximum atomic E-state index is 10.4. The molecular weight excluding hydrogens is 174 g/mol. The van der Waals surface area contributed by atoms with E-state index in [4.69, 9.17) is 5.73 Å². The highest BCUT2D eigenvalue weighted by Crippen LogP contribution is 2.14. The van der Waals surface area contributed by atoms with E-state index in [1.54, 1.807) is 12.1 Å². The molecule has 0 saturated heterocycles. The Kier molecular flexibility index (Phi) is 2.70. The van der Waals surface area contributed by atoms with Crippen molar-refractivity contribution in [1.29, 1.82) is 0 Å². The van der Waals surface area contributed by atoms with E-state index in [-0.39, 0.29) is 5.75 Å². The molecular formula is C8H11NO2S. The highest BCUT2D eigenvalue weighted by molar-refractivity contribution is 7.71. The molecule has 3 nitrogen and oxygen atoms in total. The second kappa shape index (κ2) is 3.58. The summed E-state index contributed by atoms with van der Waals surface area (Å²) in [5, 5.41) is 0. The second-order valence-electron chi connectivity index (χ2n) is 2.69. The number of nitrogen functional groups attached to an aromatic ring is 1. The smallest absolute Gasteiger partial charge is 0.144 e. The molecule has 1 rings (SSSR count). The van der Waals surface area contributed by atoms with E-state index in [1.807, 2.05) is 13.0 Å². The Morgan fingerprint density at radius 1 is 1.42 bits per heavy atom. The van der Waals surface area contributed by atoms with Crippen LogP contribution in [0, 0.1) is 6.92 Å². The zero-order valence-electron chi connectivity index (χ0n) is 6.78. The standard InChI is InChI=1S/C8H11NO2S/c1-6-2-3-8(9)7(4-6)5-12(10)11/h2-4,12H,5,9H2,1H3. The predicted octanol–water partition coefficient (Wildman–Crippen LogP) is 0.689. The van der Waals surface area contributed by atoms with Gasteiger partial charge in [0, 0.05) is 5.69 Å². The lowest BCUT2D eigenvalue weighted by atomic mass is 10.1. The number of anilines is 1. The van der Waals surface area contributed by atoms with Crippen LogP contribution in [0.3, 0.4) is 0 Å². The number of aryl methyl sites for hydroxylation is 1. The maximum Gasteiger partial charge on any atom is 0.144 e. The Labute approximate surface area is 73.2 Å². The molecule has 0 spiro atoms. The van der Waals surface area contributed by atoms with E-state index < -0.39 is 10.7 Å². The van der Waals surface area contributed by atoms with Crippen LogP contribution < -0.4 is 5.73 Å².